The van der Waals surface area contributed by atoms with E-state index in [2.05, 4.69) is 26.3 Å². The number of nitrogens with zero attached hydrogens (tertiary/aromatic N) is 4. The van der Waals surface area contributed by atoms with Crippen LogP contribution in [0.25, 0.3) is 11.4 Å². The number of tetrazole rings is 1. The summed E-state index contributed by atoms with van der Waals surface area (Å²) in [6.45, 7) is 0.408. The van der Waals surface area contributed by atoms with E-state index in [1.54, 1.807) is 36.4 Å². The molecule has 1 aromatic heterocycles. The third-order valence-corrected chi connectivity index (χ3v) is 5.75. The topological polar surface area (TPSA) is 102 Å². The first-order valence-corrected chi connectivity index (χ1v) is 10.8. The Balaban J connectivity index is 1.12. The number of nitrogens with one attached hydrogen (secondary N) is 2. The van der Waals surface area contributed by atoms with E-state index in [4.69, 9.17) is 0 Å². The quantitative estimate of drug-likeness (QED) is 0.434. The Morgan fingerprint density at radius 2 is 1.68 bits per heavy atom. The van der Waals surface area contributed by atoms with Gasteiger partial charge in [-0.05, 0) is 52.9 Å². The van der Waals surface area contributed by atoms with Gasteiger partial charge in [0.2, 0.25) is 11.7 Å². The molecule has 2 amide bonds. The van der Waals surface area contributed by atoms with Crippen LogP contribution in [0.15, 0.2) is 78.9 Å². The van der Waals surface area contributed by atoms with Gasteiger partial charge in [0, 0.05) is 17.0 Å². The molecule has 1 aliphatic carbocycles. The van der Waals surface area contributed by atoms with Crippen molar-refractivity contribution >= 4 is 11.8 Å². The lowest BCUT2D eigenvalue weighted by Crippen LogP contribution is -2.42. The van der Waals surface area contributed by atoms with Crippen LogP contribution in [0.4, 0.5) is 4.39 Å². The molecule has 1 saturated carbocycles. The summed E-state index contributed by atoms with van der Waals surface area (Å²) in [6, 6.07) is 22.7. The first-order valence-electron chi connectivity index (χ1n) is 10.8. The van der Waals surface area contributed by atoms with Crippen molar-refractivity contribution in [1.82, 2.24) is 31.1 Å². The van der Waals surface area contributed by atoms with Gasteiger partial charge in [-0.1, -0.05) is 54.6 Å². The maximum atomic E-state index is 13.1. The number of halogens is 1. The minimum Gasteiger partial charge on any atom is -0.273 e. The van der Waals surface area contributed by atoms with E-state index in [-0.39, 0.29) is 23.6 Å². The predicted octanol–water partition coefficient (Wildman–Crippen LogP) is 3.09. The highest BCUT2D eigenvalue weighted by Gasteiger charge is 2.44. The molecule has 2 unspecified atom stereocenters. The molecule has 3 aromatic carbocycles. The van der Waals surface area contributed by atoms with Gasteiger partial charge in [0.05, 0.1) is 6.54 Å². The van der Waals surface area contributed by atoms with Gasteiger partial charge in [-0.25, -0.2) is 4.39 Å². The Morgan fingerprint density at radius 1 is 0.941 bits per heavy atom. The van der Waals surface area contributed by atoms with Crippen LogP contribution in [0.3, 0.4) is 0 Å². The van der Waals surface area contributed by atoms with Crippen molar-refractivity contribution < 1.29 is 14.0 Å². The fourth-order valence-corrected chi connectivity index (χ4v) is 3.78. The maximum Gasteiger partial charge on any atom is 0.269 e. The average Bonchev–Trinajstić information content (AvgIpc) is 3.54. The number of aromatic nitrogens is 4. The monoisotopic (exact) mass is 456 g/mol. The van der Waals surface area contributed by atoms with Gasteiger partial charge in [0.25, 0.3) is 5.91 Å². The van der Waals surface area contributed by atoms with E-state index in [9.17, 15) is 14.0 Å². The van der Waals surface area contributed by atoms with Crippen LogP contribution in [-0.2, 0) is 11.3 Å². The smallest absolute Gasteiger partial charge is 0.269 e. The van der Waals surface area contributed by atoms with Gasteiger partial charge in [0.1, 0.15) is 5.82 Å². The number of carbonyl (C=O) groups excluding carboxylic acids is 2. The van der Waals surface area contributed by atoms with Gasteiger partial charge in [0.15, 0.2) is 0 Å². The number of hydrazine groups is 1. The zero-order chi connectivity index (χ0) is 23.5. The average molecular weight is 456 g/mol. The van der Waals surface area contributed by atoms with Crippen molar-refractivity contribution in [2.24, 2.45) is 5.92 Å². The summed E-state index contributed by atoms with van der Waals surface area (Å²) >= 11 is 0. The standard InChI is InChI=1S/C25H21FN6O2/c26-20-12-10-17(11-13-20)21-14-22(21)25(34)29-28-24(33)19-8-6-16(7-9-19)15-32-30-23(27-31-32)18-4-2-1-3-5-18/h1-13,21-22H,14-15H2,(H,28,33)(H,29,34). The molecule has 170 valence electrons. The molecule has 8 nitrogen and oxygen atoms in total. The summed E-state index contributed by atoms with van der Waals surface area (Å²) < 4.78 is 13.1. The van der Waals surface area contributed by atoms with E-state index in [1.807, 2.05) is 30.3 Å². The maximum absolute atomic E-state index is 13.1. The van der Waals surface area contributed by atoms with Crippen LogP contribution in [0.1, 0.15) is 33.8 Å². The Kier molecular flexibility index (Phi) is 5.82. The molecule has 0 spiro atoms. The molecular formula is C25H21FN6O2. The molecular weight excluding hydrogens is 435 g/mol. The molecule has 34 heavy (non-hydrogen) atoms. The second-order valence-electron chi connectivity index (χ2n) is 8.15. The summed E-state index contributed by atoms with van der Waals surface area (Å²) in [5.74, 6) is -0.619. The van der Waals surface area contributed by atoms with Crippen LogP contribution in [0.5, 0.6) is 0 Å². The highest BCUT2D eigenvalue weighted by Crippen LogP contribution is 2.47. The summed E-state index contributed by atoms with van der Waals surface area (Å²) in [6.07, 6.45) is 0.671. The minimum atomic E-state index is -0.413. The van der Waals surface area contributed by atoms with Gasteiger partial charge < -0.3 is 0 Å². The lowest BCUT2D eigenvalue weighted by molar-refractivity contribution is -0.123. The van der Waals surface area contributed by atoms with Gasteiger partial charge >= 0.3 is 0 Å². The molecule has 0 bridgehead atoms. The molecule has 9 heteroatoms. The predicted molar refractivity (Wildman–Crippen MR) is 122 cm³/mol. The number of benzene rings is 3. The Morgan fingerprint density at radius 3 is 2.41 bits per heavy atom. The van der Waals surface area contributed by atoms with Crippen molar-refractivity contribution in [2.45, 2.75) is 18.9 Å². The Bertz CT molecular complexity index is 1310. The molecule has 1 aliphatic rings. The van der Waals surface area contributed by atoms with Gasteiger partial charge in [-0.15, -0.1) is 10.2 Å². The van der Waals surface area contributed by atoms with Crippen molar-refractivity contribution in [3.05, 3.63) is 101 Å². The van der Waals surface area contributed by atoms with Crippen LogP contribution >= 0.6 is 0 Å². The molecule has 1 heterocycles. The third kappa shape index (κ3) is 4.83. The first kappa shape index (κ1) is 21.4. The summed E-state index contributed by atoms with van der Waals surface area (Å²) in [5, 5.41) is 12.5. The van der Waals surface area contributed by atoms with Crippen molar-refractivity contribution in [3.63, 3.8) is 0 Å². The lowest BCUT2D eigenvalue weighted by atomic mass is 10.1. The first-order chi connectivity index (χ1) is 16.6. The number of hydrogen-bond donors (Lipinski definition) is 2. The SMILES string of the molecule is O=C(NNC(=O)C1CC1c1ccc(F)cc1)c1ccc(Cn2nnc(-c3ccccc3)n2)cc1. The van der Waals surface area contributed by atoms with Gasteiger partial charge in [-0.3, -0.25) is 20.4 Å². The van der Waals surface area contributed by atoms with E-state index in [0.29, 0.717) is 24.4 Å². The lowest BCUT2D eigenvalue weighted by Gasteiger charge is -2.08. The van der Waals surface area contributed by atoms with Crippen molar-refractivity contribution in [2.75, 3.05) is 0 Å². The Labute approximate surface area is 194 Å². The minimum absolute atomic E-state index is 0.0459. The van der Waals surface area contributed by atoms with E-state index in [1.165, 1.54) is 16.9 Å². The summed E-state index contributed by atoms with van der Waals surface area (Å²) in [5.41, 5.74) is 8.05. The van der Waals surface area contributed by atoms with Crippen molar-refractivity contribution in [3.8, 4) is 11.4 Å². The number of rotatable bonds is 6. The van der Waals surface area contributed by atoms with E-state index < -0.39 is 5.91 Å². The molecule has 0 aliphatic heterocycles. The summed E-state index contributed by atoms with van der Waals surface area (Å²) in [4.78, 5) is 26.2. The molecule has 0 radical (unpaired) electrons. The highest BCUT2D eigenvalue weighted by atomic mass is 19.1. The Hall–Kier alpha value is -4.40. The highest BCUT2D eigenvalue weighted by molar-refractivity contribution is 5.96. The number of hydrogen-bond acceptors (Lipinski definition) is 5. The summed E-state index contributed by atoms with van der Waals surface area (Å²) in [7, 11) is 0. The normalized spacial score (nSPS) is 16.6. The van der Waals surface area contributed by atoms with Crippen LogP contribution in [0, 0.1) is 11.7 Å². The number of carbonyl (C=O) groups is 2. The third-order valence-electron chi connectivity index (χ3n) is 5.75. The second kappa shape index (κ2) is 9.22. The van der Waals surface area contributed by atoms with Gasteiger partial charge in [-0.2, -0.15) is 4.80 Å². The molecule has 0 saturated heterocycles. The molecule has 2 atom stereocenters. The van der Waals surface area contributed by atoms with Crippen LogP contribution in [0.2, 0.25) is 0 Å². The molecule has 1 fully saturated rings. The molecule has 4 aromatic rings. The zero-order valence-corrected chi connectivity index (χ0v) is 18.1. The molecule has 5 rings (SSSR count). The largest absolute Gasteiger partial charge is 0.273 e. The van der Waals surface area contributed by atoms with Crippen LogP contribution < -0.4 is 10.9 Å². The zero-order valence-electron chi connectivity index (χ0n) is 18.1. The fourth-order valence-electron chi connectivity index (χ4n) is 3.78. The number of amides is 2. The second-order valence-corrected chi connectivity index (χ2v) is 8.15. The fraction of sp³-hybridized carbons (Fsp3) is 0.160. The van der Waals surface area contributed by atoms with Crippen molar-refractivity contribution in [1.29, 1.82) is 0 Å². The van der Waals surface area contributed by atoms with E-state index >= 15 is 0 Å². The van der Waals surface area contributed by atoms with Crippen LogP contribution in [-0.4, -0.2) is 32.0 Å². The van der Waals surface area contributed by atoms with E-state index in [0.717, 1.165) is 16.7 Å². The molecule has 2 N–H and O–H groups in total.